The van der Waals surface area contributed by atoms with Crippen molar-refractivity contribution in [2.24, 2.45) is 0 Å². The van der Waals surface area contributed by atoms with Crippen molar-refractivity contribution in [3.63, 3.8) is 0 Å². The van der Waals surface area contributed by atoms with E-state index in [2.05, 4.69) is 11.5 Å². The van der Waals surface area contributed by atoms with Gasteiger partial charge in [-0.3, -0.25) is 0 Å². The van der Waals surface area contributed by atoms with E-state index in [-0.39, 0.29) is 0 Å². The van der Waals surface area contributed by atoms with Crippen molar-refractivity contribution in [1.29, 1.82) is 0 Å². The van der Waals surface area contributed by atoms with Crippen LogP contribution >= 0.6 is 0 Å². The second-order valence-corrected chi connectivity index (χ2v) is 9.10. The van der Waals surface area contributed by atoms with Gasteiger partial charge in [0.1, 0.15) is 8.07 Å². The van der Waals surface area contributed by atoms with Gasteiger partial charge >= 0.3 is 0 Å². The average molecular weight is 246 g/mol. The van der Waals surface area contributed by atoms with Crippen LogP contribution in [0.1, 0.15) is 5.56 Å². The molecule has 0 bridgehead atoms. The largest absolute Gasteiger partial charge is 0.204 e. The topological polar surface area (TPSA) is 0 Å². The summed E-state index contributed by atoms with van der Waals surface area (Å²) in [5, 5.41) is 0. The Labute approximate surface area is 92.3 Å². The number of rotatable bonds is 0. The minimum atomic E-state index is -1.82. The molecule has 0 unspecified atom stereocenters. The maximum Gasteiger partial charge on any atom is 0.198 e. The Morgan fingerprint density at radius 3 is 2.00 bits per heavy atom. The van der Waals surface area contributed by atoms with Gasteiger partial charge in [-0.1, -0.05) is 25.6 Å². The molecule has 1 rings (SSSR count). The lowest BCUT2D eigenvalue weighted by Crippen LogP contribution is -2.16. The number of benzene rings is 1. The maximum atomic E-state index is 13.1. The molecule has 0 saturated heterocycles. The van der Waals surface area contributed by atoms with Crippen LogP contribution in [0.25, 0.3) is 0 Å². The molecule has 0 amide bonds. The minimum Gasteiger partial charge on any atom is -0.204 e. The highest BCUT2D eigenvalue weighted by Crippen LogP contribution is 2.18. The predicted molar refractivity (Wildman–Crippen MR) is 56.5 cm³/mol. The minimum absolute atomic E-state index is 0.446. The molecule has 0 heterocycles. The van der Waals surface area contributed by atoms with Crippen LogP contribution < -0.4 is 0 Å². The summed E-state index contributed by atoms with van der Waals surface area (Å²) in [5.41, 5.74) is 2.30. The van der Waals surface area contributed by atoms with Crippen molar-refractivity contribution in [2.75, 3.05) is 0 Å². The molecule has 0 nitrogen and oxygen atoms in total. The summed E-state index contributed by atoms with van der Waals surface area (Å²) >= 11 is 0. The Kier molecular flexibility index (Phi) is 3.43. The molecule has 0 fully saturated rings. The molecular formula is C11H10F4Si. The van der Waals surface area contributed by atoms with Gasteiger partial charge < -0.3 is 0 Å². The molecule has 86 valence electrons. The Hall–Kier alpha value is -1.28. The first kappa shape index (κ1) is 12.8. The van der Waals surface area contributed by atoms with Crippen LogP contribution in [0.3, 0.4) is 0 Å². The lowest BCUT2D eigenvalue weighted by atomic mass is 10.2. The SMILES string of the molecule is C[Si](C)(C)C#Cc1cc(F)c(F)c(F)c1F. The molecular weight excluding hydrogens is 236 g/mol. The van der Waals surface area contributed by atoms with Crippen LogP contribution in [0.4, 0.5) is 17.6 Å². The zero-order chi connectivity index (χ0) is 12.5. The molecule has 0 saturated carbocycles. The fourth-order valence-corrected chi connectivity index (χ4v) is 1.43. The Morgan fingerprint density at radius 2 is 1.50 bits per heavy atom. The second kappa shape index (κ2) is 4.30. The molecule has 16 heavy (non-hydrogen) atoms. The third-order valence-corrected chi connectivity index (χ3v) is 2.55. The predicted octanol–water partition coefficient (Wildman–Crippen LogP) is 3.47. The summed E-state index contributed by atoms with van der Waals surface area (Å²) in [6, 6.07) is 0.570. The van der Waals surface area contributed by atoms with Gasteiger partial charge in [0.2, 0.25) is 0 Å². The first-order valence-electron chi connectivity index (χ1n) is 4.58. The van der Waals surface area contributed by atoms with E-state index in [9.17, 15) is 17.6 Å². The van der Waals surface area contributed by atoms with Crippen molar-refractivity contribution in [3.05, 3.63) is 34.9 Å². The summed E-state index contributed by atoms with van der Waals surface area (Å²) in [6.07, 6.45) is 0. The van der Waals surface area contributed by atoms with E-state index in [4.69, 9.17) is 0 Å². The fraction of sp³-hybridized carbons (Fsp3) is 0.273. The monoisotopic (exact) mass is 246 g/mol. The van der Waals surface area contributed by atoms with Gasteiger partial charge in [0.15, 0.2) is 23.3 Å². The Balaban J connectivity index is 3.31. The number of hydrogen-bond acceptors (Lipinski definition) is 0. The highest BCUT2D eigenvalue weighted by molar-refractivity contribution is 6.83. The van der Waals surface area contributed by atoms with E-state index < -0.39 is 36.9 Å². The van der Waals surface area contributed by atoms with Gasteiger partial charge in [0.25, 0.3) is 0 Å². The van der Waals surface area contributed by atoms with Crippen molar-refractivity contribution in [3.8, 4) is 11.5 Å². The third kappa shape index (κ3) is 2.86. The molecule has 1 aromatic carbocycles. The molecule has 0 N–H and O–H groups in total. The summed E-state index contributed by atoms with van der Waals surface area (Å²) in [4.78, 5) is 0. The van der Waals surface area contributed by atoms with E-state index in [1.54, 1.807) is 0 Å². The van der Waals surface area contributed by atoms with Gasteiger partial charge in [0, 0.05) is 0 Å². The van der Waals surface area contributed by atoms with Crippen LogP contribution in [-0.4, -0.2) is 8.07 Å². The first-order valence-corrected chi connectivity index (χ1v) is 8.08. The van der Waals surface area contributed by atoms with E-state index in [0.717, 1.165) is 0 Å². The fourth-order valence-electron chi connectivity index (χ4n) is 0.919. The Morgan fingerprint density at radius 1 is 0.938 bits per heavy atom. The van der Waals surface area contributed by atoms with Crippen LogP contribution in [0.2, 0.25) is 19.6 Å². The second-order valence-electron chi connectivity index (χ2n) is 4.35. The smallest absolute Gasteiger partial charge is 0.198 e. The molecule has 0 aliphatic carbocycles. The standard InChI is InChI=1S/C11H10F4Si/c1-16(2,3)5-4-7-6-8(12)10(14)11(15)9(7)13/h6H,1-3H3. The van der Waals surface area contributed by atoms with Gasteiger partial charge in [0.05, 0.1) is 5.56 Å². The molecule has 0 aliphatic heterocycles. The zero-order valence-electron chi connectivity index (χ0n) is 9.09. The quantitative estimate of drug-likeness (QED) is 0.216. The highest BCUT2D eigenvalue weighted by Gasteiger charge is 2.18. The lowest BCUT2D eigenvalue weighted by molar-refractivity contribution is 0.408. The maximum absolute atomic E-state index is 13.1. The van der Waals surface area contributed by atoms with Gasteiger partial charge in [-0.15, -0.1) is 5.54 Å². The summed E-state index contributed by atoms with van der Waals surface area (Å²) in [5.74, 6) is -4.15. The van der Waals surface area contributed by atoms with Gasteiger partial charge in [-0.05, 0) is 6.07 Å². The van der Waals surface area contributed by atoms with Crippen molar-refractivity contribution < 1.29 is 17.6 Å². The molecule has 0 spiro atoms. The van der Waals surface area contributed by atoms with E-state index in [0.29, 0.717) is 6.07 Å². The normalized spacial score (nSPS) is 10.9. The Bertz CT molecular complexity index is 477. The van der Waals surface area contributed by atoms with Gasteiger partial charge in [-0.25, -0.2) is 17.6 Å². The van der Waals surface area contributed by atoms with Crippen LogP contribution in [0.15, 0.2) is 6.07 Å². The molecule has 0 radical (unpaired) electrons. The molecule has 1 aromatic rings. The van der Waals surface area contributed by atoms with E-state index in [1.807, 2.05) is 19.6 Å². The molecule has 0 atom stereocenters. The van der Waals surface area contributed by atoms with Gasteiger partial charge in [-0.2, -0.15) is 0 Å². The summed E-state index contributed by atoms with van der Waals surface area (Å²) < 4.78 is 51.4. The zero-order valence-corrected chi connectivity index (χ0v) is 10.1. The van der Waals surface area contributed by atoms with Crippen molar-refractivity contribution in [2.45, 2.75) is 19.6 Å². The summed E-state index contributed by atoms with van der Waals surface area (Å²) in [6.45, 7) is 5.69. The van der Waals surface area contributed by atoms with E-state index in [1.165, 1.54) is 0 Å². The van der Waals surface area contributed by atoms with Crippen LogP contribution in [-0.2, 0) is 0 Å². The van der Waals surface area contributed by atoms with Crippen LogP contribution in [0, 0.1) is 34.7 Å². The first-order chi connectivity index (χ1) is 7.22. The van der Waals surface area contributed by atoms with Crippen molar-refractivity contribution >= 4 is 8.07 Å². The van der Waals surface area contributed by atoms with E-state index >= 15 is 0 Å². The lowest BCUT2D eigenvalue weighted by Gasteiger charge is -2.04. The van der Waals surface area contributed by atoms with Crippen LogP contribution in [0.5, 0.6) is 0 Å². The number of halogens is 4. The van der Waals surface area contributed by atoms with Crippen molar-refractivity contribution in [1.82, 2.24) is 0 Å². The summed E-state index contributed by atoms with van der Waals surface area (Å²) in [7, 11) is -1.78. The molecule has 0 aromatic heterocycles. The third-order valence-electron chi connectivity index (χ3n) is 1.67. The average Bonchev–Trinajstić information content (AvgIpc) is 2.17. The highest BCUT2D eigenvalue weighted by atomic mass is 28.3. The molecule has 0 aliphatic rings. The number of hydrogen-bond donors (Lipinski definition) is 0. The molecule has 5 heteroatoms.